The molecule has 33 heavy (non-hydrogen) atoms. The van der Waals surface area contributed by atoms with Gasteiger partial charge in [-0.05, 0) is 47.9 Å². The van der Waals surface area contributed by atoms with Crippen molar-refractivity contribution in [2.24, 2.45) is 0 Å². The van der Waals surface area contributed by atoms with Crippen molar-refractivity contribution in [1.82, 2.24) is 10.3 Å². The molecule has 0 saturated heterocycles. The monoisotopic (exact) mass is 476 g/mol. The molecule has 0 bridgehead atoms. The smallest absolute Gasteiger partial charge is 0.216 e. The Balaban J connectivity index is 1.53. The number of hydrogen-bond acceptors (Lipinski definition) is 6. The molecule has 5 nitrogen and oxygen atoms in total. The minimum absolute atomic E-state index is 0.0466. The van der Waals surface area contributed by atoms with Crippen molar-refractivity contribution >= 4 is 45.7 Å². The number of carbonyl (C=O) groups excluding carboxylic acids is 2. The van der Waals surface area contributed by atoms with Crippen LogP contribution < -0.4 is 10.1 Å². The van der Waals surface area contributed by atoms with Crippen LogP contribution in [0.4, 0.5) is 0 Å². The number of thiophene rings is 1. The van der Waals surface area contributed by atoms with Gasteiger partial charge in [0.15, 0.2) is 5.78 Å². The van der Waals surface area contributed by atoms with E-state index in [2.05, 4.69) is 23.5 Å². The molecule has 1 N–H and O–H groups in total. The molecule has 0 aliphatic heterocycles. The van der Waals surface area contributed by atoms with Gasteiger partial charge in [0.1, 0.15) is 5.75 Å². The van der Waals surface area contributed by atoms with E-state index >= 15 is 0 Å². The lowest BCUT2D eigenvalue weighted by Gasteiger charge is -2.11. The number of methoxy groups -OCH3 is 1. The van der Waals surface area contributed by atoms with E-state index in [-0.39, 0.29) is 11.7 Å². The number of nitrogens with zero attached hydrogens (tertiary/aromatic N) is 1. The second-order valence-corrected chi connectivity index (χ2v) is 9.63. The molecule has 0 unspecified atom stereocenters. The highest BCUT2D eigenvalue weighted by atomic mass is 32.2. The van der Waals surface area contributed by atoms with E-state index in [0.29, 0.717) is 12.3 Å². The third kappa shape index (κ3) is 5.80. The summed E-state index contributed by atoms with van der Waals surface area (Å²) in [5, 5.41) is 4.62. The molecular weight excluding hydrogens is 452 g/mol. The molecule has 0 spiro atoms. The first-order chi connectivity index (χ1) is 16.0. The highest BCUT2D eigenvalue weighted by molar-refractivity contribution is 8.00. The zero-order chi connectivity index (χ0) is 23.2. The Bertz CT molecular complexity index is 1290. The van der Waals surface area contributed by atoms with Crippen molar-refractivity contribution in [1.29, 1.82) is 0 Å². The van der Waals surface area contributed by atoms with E-state index in [9.17, 15) is 9.59 Å². The third-order valence-corrected chi connectivity index (χ3v) is 7.21. The lowest BCUT2D eigenvalue weighted by molar-refractivity contribution is -0.118. The van der Waals surface area contributed by atoms with Crippen LogP contribution in [0, 0.1) is 0 Å². The molecule has 0 aliphatic carbocycles. The summed E-state index contributed by atoms with van der Waals surface area (Å²) < 4.78 is 5.38. The van der Waals surface area contributed by atoms with E-state index in [1.807, 2.05) is 48.5 Å². The number of rotatable bonds is 9. The predicted octanol–water partition coefficient (Wildman–Crippen LogP) is 5.63. The topological polar surface area (TPSA) is 68.3 Å². The highest BCUT2D eigenvalue weighted by Crippen LogP contribution is 2.33. The van der Waals surface area contributed by atoms with Gasteiger partial charge in [-0.25, -0.2) is 4.98 Å². The Kier molecular flexibility index (Phi) is 7.42. The number of amides is 1. The van der Waals surface area contributed by atoms with Gasteiger partial charge in [0.05, 0.1) is 28.3 Å². The van der Waals surface area contributed by atoms with Crippen LogP contribution in [-0.4, -0.2) is 36.1 Å². The number of pyridine rings is 1. The Labute approximate surface area is 201 Å². The van der Waals surface area contributed by atoms with Gasteiger partial charge in [-0.1, -0.05) is 42.1 Å². The normalized spacial score (nSPS) is 10.8. The maximum Gasteiger partial charge on any atom is 0.216 e. The summed E-state index contributed by atoms with van der Waals surface area (Å²) in [5.74, 6) is 1.08. The maximum atomic E-state index is 12.8. The lowest BCUT2D eigenvalue weighted by Crippen LogP contribution is -2.22. The van der Waals surface area contributed by atoms with Crippen molar-refractivity contribution in [3.8, 4) is 16.9 Å². The molecule has 0 atom stereocenters. The number of benzene rings is 2. The molecule has 4 rings (SSSR count). The lowest BCUT2D eigenvalue weighted by atomic mass is 10.0. The SMILES string of the molecule is COc1ccc2c(-c3ccccc3)cc(SCC(=O)c3ccc(CCNC(C)=O)s3)nc2c1. The second-order valence-electron chi connectivity index (χ2n) is 7.47. The number of aromatic nitrogens is 1. The molecule has 0 saturated carbocycles. The average Bonchev–Trinajstić information content (AvgIpc) is 3.31. The van der Waals surface area contributed by atoms with Gasteiger partial charge >= 0.3 is 0 Å². The van der Waals surface area contributed by atoms with Crippen LogP contribution in [0.15, 0.2) is 71.8 Å². The van der Waals surface area contributed by atoms with Crippen molar-refractivity contribution < 1.29 is 14.3 Å². The van der Waals surface area contributed by atoms with Crippen LogP contribution in [0.3, 0.4) is 0 Å². The third-order valence-electron chi connectivity index (χ3n) is 5.11. The fraction of sp³-hybridized carbons (Fsp3) is 0.192. The number of ether oxygens (including phenoxy) is 1. The van der Waals surface area contributed by atoms with Crippen molar-refractivity contribution in [3.63, 3.8) is 0 Å². The molecular formula is C26H24N2O3S2. The zero-order valence-corrected chi connectivity index (χ0v) is 20.1. The quantitative estimate of drug-likeness (QED) is 0.251. The Morgan fingerprint density at radius 2 is 1.88 bits per heavy atom. The summed E-state index contributed by atoms with van der Waals surface area (Å²) in [6, 6.07) is 21.9. The predicted molar refractivity (Wildman–Crippen MR) is 135 cm³/mol. The molecule has 168 valence electrons. The van der Waals surface area contributed by atoms with E-state index in [4.69, 9.17) is 9.72 Å². The fourth-order valence-corrected chi connectivity index (χ4v) is 5.31. The maximum absolute atomic E-state index is 12.8. The number of fused-ring (bicyclic) bond motifs is 1. The summed E-state index contributed by atoms with van der Waals surface area (Å²) in [6.45, 7) is 2.08. The number of nitrogens with one attached hydrogen (secondary N) is 1. The van der Waals surface area contributed by atoms with Gasteiger partial charge in [0.2, 0.25) is 5.91 Å². The Hall–Kier alpha value is -3.16. The molecule has 7 heteroatoms. The van der Waals surface area contributed by atoms with E-state index in [1.165, 1.54) is 30.0 Å². The number of hydrogen-bond donors (Lipinski definition) is 1. The van der Waals surface area contributed by atoms with E-state index in [1.54, 1.807) is 7.11 Å². The number of carbonyl (C=O) groups is 2. The number of thioether (sulfide) groups is 1. The first-order valence-electron chi connectivity index (χ1n) is 10.6. The van der Waals surface area contributed by atoms with Gasteiger partial charge in [-0.3, -0.25) is 9.59 Å². The van der Waals surface area contributed by atoms with Gasteiger partial charge in [0, 0.05) is 29.8 Å². The van der Waals surface area contributed by atoms with Crippen LogP contribution in [0.25, 0.3) is 22.0 Å². The van der Waals surface area contributed by atoms with Gasteiger partial charge < -0.3 is 10.1 Å². The van der Waals surface area contributed by atoms with Gasteiger partial charge in [-0.15, -0.1) is 11.3 Å². The van der Waals surface area contributed by atoms with Crippen LogP contribution in [-0.2, 0) is 11.2 Å². The molecule has 1 amide bonds. The van der Waals surface area contributed by atoms with E-state index < -0.39 is 0 Å². The zero-order valence-electron chi connectivity index (χ0n) is 18.5. The van der Waals surface area contributed by atoms with Crippen molar-refractivity contribution in [2.45, 2.75) is 18.4 Å². The average molecular weight is 477 g/mol. The first-order valence-corrected chi connectivity index (χ1v) is 12.4. The molecule has 0 fully saturated rings. The number of ketones is 1. The summed E-state index contributed by atoms with van der Waals surface area (Å²) in [7, 11) is 1.64. The second kappa shape index (κ2) is 10.6. The summed E-state index contributed by atoms with van der Waals surface area (Å²) >= 11 is 2.92. The van der Waals surface area contributed by atoms with Crippen LogP contribution in [0.1, 0.15) is 21.5 Å². The van der Waals surface area contributed by atoms with Gasteiger partial charge in [0.25, 0.3) is 0 Å². The van der Waals surface area contributed by atoms with Gasteiger partial charge in [-0.2, -0.15) is 0 Å². The molecule has 2 aromatic carbocycles. The Morgan fingerprint density at radius 1 is 1.06 bits per heavy atom. The highest BCUT2D eigenvalue weighted by Gasteiger charge is 2.14. The number of Topliss-reactive ketones (excluding diaryl/α,β-unsaturated/α-hetero) is 1. The summed E-state index contributed by atoms with van der Waals surface area (Å²) in [4.78, 5) is 30.4. The fourth-order valence-electron chi connectivity index (χ4n) is 3.48. The molecule has 4 aromatic rings. The van der Waals surface area contributed by atoms with Crippen LogP contribution in [0.2, 0.25) is 0 Å². The largest absolute Gasteiger partial charge is 0.497 e. The summed E-state index contributed by atoms with van der Waals surface area (Å²) in [5.41, 5.74) is 3.02. The van der Waals surface area contributed by atoms with Crippen LogP contribution >= 0.6 is 23.1 Å². The molecule has 0 aliphatic rings. The van der Waals surface area contributed by atoms with Crippen molar-refractivity contribution in [3.05, 3.63) is 76.5 Å². The summed E-state index contributed by atoms with van der Waals surface area (Å²) in [6.07, 6.45) is 0.721. The first kappa shape index (κ1) is 23.0. The molecule has 2 aromatic heterocycles. The molecule has 2 heterocycles. The molecule has 0 radical (unpaired) electrons. The van der Waals surface area contributed by atoms with Crippen LogP contribution in [0.5, 0.6) is 5.75 Å². The Morgan fingerprint density at radius 3 is 2.64 bits per heavy atom. The minimum atomic E-state index is -0.0466. The van der Waals surface area contributed by atoms with E-state index in [0.717, 1.165) is 49.0 Å². The standard InChI is InChI=1S/C26H24N2O3S2/c1-17(29)27-13-12-20-9-11-25(33-20)24(30)16-32-26-15-22(18-6-4-3-5-7-18)21-10-8-19(31-2)14-23(21)28-26/h3-11,14-15H,12-13,16H2,1-2H3,(H,27,29). The van der Waals surface area contributed by atoms with Crippen molar-refractivity contribution in [2.75, 3.05) is 19.4 Å². The minimum Gasteiger partial charge on any atom is -0.497 e.